The predicted molar refractivity (Wildman–Crippen MR) is 53.5 cm³/mol. The van der Waals surface area contributed by atoms with Crippen LogP contribution in [-0.4, -0.2) is 6.61 Å². The molecule has 1 aliphatic rings. The van der Waals surface area contributed by atoms with Gasteiger partial charge in [0.1, 0.15) is 0 Å². The van der Waals surface area contributed by atoms with Crippen molar-refractivity contribution >= 4 is 0 Å². The highest BCUT2D eigenvalue weighted by Crippen LogP contribution is 2.24. The second-order valence-corrected chi connectivity index (χ2v) is 3.28. The Morgan fingerprint density at radius 2 is 1.92 bits per heavy atom. The van der Waals surface area contributed by atoms with E-state index in [1.807, 2.05) is 6.07 Å². The predicted octanol–water partition coefficient (Wildman–Crippen LogP) is 3.09. The van der Waals surface area contributed by atoms with E-state index in [0.717, 1.165) is 19.4 Å². The van der Waals surface area contributed by atoms with Gasteiger partial charge in [-0.2, -0.15) is 0 Å². The minimum Gasteiger partial charge on any atom is -0.369 e. The van der Waals surface area contributed by atoms with Gasteiger partial charge < -0.3 is 4.74 Å². The molecule has 1 aliphatic heterocycles. The van der Waals surface area contributed by atoms with E-state index < -0.39 is 0 Å². The van der Waals surface area contributed by atoms with Crippen LogP contribution in [0.25, 0.3) is 0 Å². The van der Waals surface area contributed by atoms with Crippen LogP contribution < -0.4 is 0 Å². The number of rotatable bonds is 1. The first-order valence-electron chi connectivity index (χ1n) is 4.78. The lowest BCUT2D eigenvalue weighted by atomic mass is 10.1. The van der Waals surface area contributed by atoms with Gasteiger partial charge in [0.05, 0.1) is 12.7 Å². The van der Waals surface area contributed by atoms with Gasteiger partial charge in [0, 0.05) is 0 Å². The van der Waals surface area contributed by atoms with Crippen molar-refractivity contribution in [2.75, 3.05) is 6.61 Å². The van der Waals surface area contributed by atoms with Crippen molar-refractivity contribution in [3.63, 3.8) is 0 Å². The van der Waals surface area contributed by atoms with E-state index in [2.05, 4.69) is 36.4 Å². The standard InChI is InChI=1S/C12H14O/c1-3-7-11(8-4-1)12-9-5-2-6-10-13-12/h1-4,6-8,12H,5,9-10H2/t12-/m0/s1. The maximum Gasteiger partial charge on any atom is 0.0832 e. The zero-order valence-corrected chi connectivity index (χ0v) is 7.65. The second kappa shape index (κ2) is 4.24. The summed E-state index contributed by atoms with van der Waals surface area (Å²) in [6.07, 6.45) is 6.81. The highest BCUT2D eigenvalue weighted by atomic mass is 16.5. The molecule has 0 aromatic heterocycles. The van der Waals surface area contributed by atoms with Crippen LogP contribution in [0.2, 0.25) is 0 Å². The van der Waals surface area contributed by atoms with E-state index >= 15 is 0 Å². The maximum absolute atomic E-state index is 5.70. The molecule has 0 unspecified atom stereocenters. The van der Waals surface area contributed by atoms with Crippen LogP contribution in [0.1, 0.15) is 24.5 Å². The van der Waals surface area contributed by atoms with Crippen LogP contribution in [0.15, 0.2) is 42.5 Å². The summed E-state index contributed by atoms with van der Waals surface area (Å²) in [5, 5.41) is 0. The summed E-state index contributed by atoms with van der Waals surface area (Å²) in [6.45, 7) is 0.750. The van der Waals surface area contributed by atoms with Crippen molar-refractivity contribution < 1.29 is 4.74 Å². The van der Waals surface area contributed by atoms with E-state index in [0.29, 0.717) is 0 Å². The average molecular weight is 174 g/mol. The molecular formula is C12H14O. The van der Waals surface area contributed by atoms with Crippen molar-refractivity contribution in [3.05, 3.63) is 48.0 Å². The van der Waals surface area contributed by atoms with Crippen molar-refractivity contribution in [1.29, 1.82) is 0 Å². The Kier molecular flexibility index (Phi) is 2.78. The summed E-state index contributed by atoms with van der Waals surface area (Å²) in [6, 6.07) is 10.4. The molecule has 1 heteroatoms. The van der Waals surface area contributed by atoms with E-state index in [1.165, 1.54) is 5.56 Å². The molecule has 2 rings (SSSR count). The third-order valence-electron chi connectivity index (χ3n) is 2.33. The van der Waals surface area contributed by atoms with E-state index in [-0.39, 0.29) is 6.10 Å². The molecule has 1 atom stereocenters. The Balaban J connectivity index is 2.09. The molecule has 0 amide bonds. The fraction of sp³-hybridized carbons (Fsp3) is 0.333. The second-order valence-electron chi connectivity index (χ2n) is 3.28. The number of ether oxygens (including phenoxy) is 1. The Morgan fingerprint density at radius 3 is 2.77 bits per heavy atom. The summed E-state index contributed by atoms with van der Waals surface area (Å²) >= 11 is 0. The lowest BCUT2D eigenvalue weighted by Crippen LogP contribution is -2.02. The van der Waals surface area contributed by atoms with Crippen LogP contribution in [0.4, 0.5) is 0 Å². The molecule has 1 heterocycles. The molecule has 0 saturated heterocycles. The van der Waals surface area contributed by atoms with Gasteiger partial charge in [0.25, 0.3) is 0 Å². The average Bonchev–Trinajstić information content (AvgIpc) is 2.47. The number of hydrogen-bond acceptors (Lipinski definition) is 1. The largest absolute Gasteiger partial charge is 0.369 e. The smallest absolute Gasteiger partial charge is 0.0832 e. The highest BCUT2D eigenvalue weighted by molar-refractivity contribution is 5.18. The van der Waals surface area contributed by atoms with Gasteiger partial charge >= 0.3 is 0 Å². The maximum atomic E-state index is 5.70. The molecular weight excluding hydrogens is 160 g/mol. The molecule has 0 bridgehead atoms. The minimum absolute atomic E-state index is 0.288. The molecule has 1 aromatic carbocycles. The SMILES string of the molecule is C1=CCO[C@H](c2ccccc2)CC1. The molecule has 0 fully saturated rings. The number of allylic oxidation sites excluding steroid dienone is 1. The van der Waals surface area contributed by atoms with Gasteiger partial charge in [-0.05, 0) is 18.4 Å². The summed E-state index contributed by atoms with van der Waals surface area (Å²) < 4.78 is 5.70. The van der Waals surface area contributed by atoms with Crippen LogP contribution in [0.3, 0.4) is 0 Å². The number of hydrogen-bond donors (Lipinski definition) is 0. The lowest BCUT2D eigenvalue weighted by Gasteiger charge is -2.14. The first-order valence-corrected chi connectivity index (χ1v) is 4.78. The van der Waals surface area contributed by atoms with Gasteiger partial charge in [-0.3, -0.25) is 0 Å². The Bertz CT molecular complexity index is 266. The van der Waals surface area contributed by atoms with Gasteiger partial charge in [0.15, 0.2) is 0 Å². The molecule has 0 aliphatic carbocycles. The first-order chi connectivity index (χ1) is 6.47. The van der Waals surface area contributed by atoms with Crippen molar-refractivity contribution in [3.8, 4) is 0 Å². The zero-order chi connectivity index (χ0) is 8.93. The summed E-state index contributed by atoms with van der Waals surface area (Å²) in [4.78, 5) is 0. The van der Waals surface area contributed by atoms with Crippen molar-refractivity contribution in [2.24, 2.45) is 0 Å². The third kappa shape index (κ3) is 2.19. The monoisotopic (exact) mass is 174 g/mol. The molecule has 0 saturated carbocycles. The molecule has 1 nitrogen and oxygen atoms in total. The van der Waals surface area contributed by atoms with Crippen molar-refractivity contribution in [2.45, 2.75) is 18.9 Å². The third-order valence-corrected chi connectivity index (χ3v) is 2.33. The van der Waals surface area contributed by atoms with Gasteiger partial charge in [-0.25, -0.2) is 0 Å². The van der Waals surface area contributed by atoms with E-state index in [9.17, 15) is 0 Å². The normalized spacial score (nSPS) is 22.6. The molecule has 13 heavy (non-hydrogen) atoms. The Hall–Kier alpha value is -1.08. The molecule has 1 aromatic rings. The molecule has 68 valence electrons. The van der Waals surface area contributed by atoms with Crippen LogP contribution in [0, 0.1) is 0 Å². The van der Waals surface area contributed by atoms with Gasteiger partial charge in [0.2, 0.25) is 0 Å². The quantitative estimate of drug-likeness (QED) is 0.594. The zero-order valence-electron chi connectivity index (χ0n) is 7.65. The van der Waals surface area contributed by atoms with Crippen molar-refractivity contribution in [1.82, 2.24) is 0 Å². The van der Waals surface area contributed by atoms with Crippen LogP contribution >= 0.6 is 0 Å². The van der Waals surface area contributed by atoms with Crippen LogP contribution in [-0.2, 0) is 4.74 Å². The van der Waals surface area contributed by atoms with E-state index in [1.54, 1.807) is 0 Å². The van der Waals surface area contributed by atoms with E-state index in [4.69, 9.17) is 4.74 Å². The Morgan fingerprint density at radius 1 is 1.08 bits per heavy atom. The van der Waals surface area contributed by atoms with Gasteiger partial charge in [-0.1, -0.05) is 42.5 Å². The van der Waals surface area contributed by atoms with Crippen LogP contribution in [0.5, 0.6) is 0 Å². The highest BCUT2D eigenvalue weighted by Gasteiger charge is 2.11. The summed E-state index contributed by atoms with van der Waals surface area (Å²) in [5.74, 6) is 0. The molecule has 0 spiro atoms. The molecule has 0 N–H and O–H groups in total. The lowest BCUT2D eigenvalue weighted by molar-refractivity contribution is 0.0725. The topological polar surface area (TPSA) is 9.23 Å². The van der Waals surface area contributed by atoms with Gasteiger partial charge in [-0.15, -0.1) is 0 Å². The summed E-state index contributed by atoms with van der Waals surface area (Å²) in [5.41, 5.74) is 1.30. The fourth-order valence-corrected chi connectivity index (χ4v) is 1.62. The molecule has 0 radical (unpaired) electrons. The number of benzene rings is 1. The first kappa shape index (κ1) is 8.52. The summed E-state index contributed by atoms with van der Waals surface area (Å²) in [7, 11) is 0. The minimum atomic E-state index is 0.288. The Labute approximate surface area is 79.0 Å². The fourth-order valence-electron chi connectivity index (χ4n) is 1.62.